The first-order chi connectivity index (χ1) is 10.1. The van der Waals surface area contributed by atoms with Gasteiger partial charge in [-0.3, -0.25) is 0 Å². The van der Waals surface area contributed by atoms with Crippen molar-refractivity contribution in [2.45, 2.75) is 19.4 Å². The molecule has 1 atom stereocenters. The zero-order valence-corrected chi connectivity index (χ0v) is 12.3. The molecular formula is C17H20FNO2. The molecule has 0 aliphatic rings. The van der Waals surface area contributed by atoms with Crippen molar-refractivity contribution in [2.24, 2.45) is 5.73 Å². The van der Waals surface area contributed by atoms with Crippen LogP contribution in [0.2, 0.25) is 0 Å². The number of hydrogen-bond donors (Lipinski definition) is 1. The van der Waals surface area contributed by atoms with Crippen LogP contribution in [-0.2, 0) is 0 Å². The molecule has 0 saturated carbocycles. The lowest BCUT2D eigenvalue weighted by molar-refractivity contribution is 0.297. The van der Waals surface area contributed by atoms with Crippen LogP contribution in [0.25, 0.3) is 0 Å². The number of aryl methyl sites for hydroxylation is 1. The zero-order valence-electron chi connectivity index (χ0n) is 12.3. The first-order valence-corrected chi connectivity index (χ1v) is 6.88. The third-order valence-corrected chi connectivity index (χ3v) is 3.29. The first-order valence-electron chi connectivity index (χ1n) is 6.88. The molecule has 2 N–H and O–H groups in total. The molecule has 0 aliphatic heterocycles. The number of halogens is 1. The van der Waals surface area contributed by atoms with E-state index in [1.54, 1.807) is 12.1 Å². The molecule has 112 valence electrons. The second-order valence-corrected chi connectivity index (χ2v) is 4.95. The fraction of sp³-hybridized carbons (Fsp3) is 0.294. The topological polar surface area (TPSA) is 44.5 Å². The highest BCUT2D eigenvalue weighted by Gasteiger charge is 2.12. The van der Waals surface area contributed by atoms with Crippen molar-refractivity contribution in [1.82, 2.24) is 0 Å². The Hall–Kier alpha value is -2.07. The van der Waals surface area contributed by atoms with Crippen molar-refractivity contribution < 1.29 is 13.9 Å². The fourth-order valence-corrected chi connectivity index (χ4v) is 2.10. The van der Waals surface area contributed by atoms with Crippen molar-refractivity contribution in [3.8, 4) is 11.5 Å². The molecule has 0 aromatic heterocycles. The standard InChI is InChI=1S/C17H20FNO2/c1-12-4-3-5-14(10-12)21-9-8-17(19)15-7-6-13(20-2)11-16(15)18/h3-7,10-11,17H,8-9,19H2,1-2H3. The summed E-state index contributed by atoms with van der Waals surface area (Å²) in [7, 11) is 1.50. The van der Waals surface area contributed by atoms with Gasteiger partial charge in [-0.1, -0.05) is 18.2 Å². The van der Waals surface area contributed by atoms with Crippen molar-refractivity contribution in [1.29, 1.82) is 0 Å². The molecule has 2 aromatic rings. The van der Waals surface area contributed by atoms with E-state index in [9.17, 15) is 4.39 Å². The SMILES string of the molecule is COc1ccc(C(N)CCOc2cccc(C)c2)c(F)c1. The molecule has 0 amide bonds. The summed E-state index contributed by atoms with van der Waals surface area (Å²) in [5.74, 6) is 0.939. The molecule has 0 radical (unpaired) electrons. The second kappa shape index (κ2) is 7.09. The average molecular weight is 289 g/mol. The van der Waals surface area contributed by atoms with E-state index in [-0.39, 0.29) is 5.82 Å². The summed E-state index contributed by atoms with van der Waals surface area (Å²) in [6, 6.07) is 12.1. The predicted molar refractivity (Wildman–Crippen MR) is 81.2 cm³/mol. The average Bonchev–Trinajstić information content (AvgIpc) is 2.47. The van der Waals surface area contributed by atoms with Crippen molar-refractivity contribution >= 4 is 0 Å². The van der Waals surface area contributed by atoms with E-state index in [1.807, 2.05) is 31.2 Å². The lowest BCUT2D eigenvalue weighted by Gasteiger charge is -2.14. The van der Waals surface area contributed by atoms with Gasteiger partial charge in [0, 0.05) is 24.1 Å². The number of ether oxygens (including phenoxy) is 2. The molecule has 1 unspecified atom stereocenters. The normalized spacial score (nSPS) is 12.0. The lowest BCUT2D eigenvalue weighted by atomic mass is 10.0. The first kappa shape index (κ1) is 15.3. The number of rotatable bonds is 6. The van der Waals surface area contributed by atoms with Gasteiger partial charge in [0.25, 0.3) is 0 Å². The van der Waals surface area contributed by atoms with Crippen LogP contribution in [0.5, 0.6) is 11.5 Å². The summed E-state index contributed by atoms with van der Waals surface area (Å²) in [4.78, 5) is 0. The van der Waals surface area contributed by atoms with E-state index in [4.69, 9.17) is 15.2 Å². The number of benzene rings is 2. The second-order valence-electron chi connectivity index (χ2n) is 4.95. The Morgan fingerprint density at radius 1 is 1.14 bits per heavy atom. The maximum absolute atomic E-state index is 13.9. The van der Waals surface area contributed by atoms with Crippen molar-refractivity contribution in [3.63, 3.8) is 0 Å². The maximum Gasteiger partial charge on any atom is 0.131 e. The molecule has 0 spiro atoms. The minimum absolute atomic E-state index is 0.350. The van der Waals surface area contributed by atoms with E-state index in [0.717, 1.165) is 11.3 Å². The third-order valence-electron chi connectivity index (χ3n) is 3.29. The van der Waals surface area contributed by atoms with E-state index in [2.05, 4.69) is 0 Å². The van der Waals surface area contributed by atoms with Gasteiger partial charge in [0.2, 0.25) is 0 Å². The van der Waals surface area contributed by atoms with Gasteiger partial charge in [-0.2, -0.15) is 0 Å². The van der Waals surface area contributed by atoms with Crippen LogP contribution in [0.3, 0.4) is 0 Å². The molecule has 2 rings (SSSR count). The van der Waals surface area contributed by atoms with Crippen LogP contribution in [-0.4, -0.2) is 13.7 Å². The van der Waals surface area contributed by atoms with Gasteiger partial charge in [0.1, 0.15) is 17.3 Å². The number of nitrogens with two attached hydrogens (primary N) is 1. The highest BCUT2D eigenvalue weighted by atomic mass is 19.1. The summed E-state index contributed by atoms with van der Waals surface area (Å²) < 4.78 is 24.5. The van der Waals surface area contributed by atoms with Crippen molar-refractivity contribution in [3.05, 3.63) is 59.4 Å². The molecular weight excluding hydrogens is 269 g/mol. The largest absolute Gasteiger partial charge is 0.497 e. The van der Waals surface area contributed by atoms with Gasteiger partial charge < -0.3 is 15.2 Å². The molecule has 0 heterocycles. The van der Waals surface area contributed by atoms with E-state index < -0.39 is 6.04 Å². The maximum atomic E-state index is 13.9. The van der Waals surface area contributed by atoms with Gasteiger partial charge in [-0.15, -0.1) is 0 Å². The Morgan fingerprint density at radius 2 is 1.95 bits per heavy atom. The Morgan fingerprint density at radius 3 is 2.62 bits per heavy atom. The van der Waals surface area contributed by atoms with Crippen LogP contribution in [0.15, 0.2) is 42.5 Å². The smallest absolute Gasteiger partial charge is 0.131 e. The van der Waals surface area contributed by atoms with Crippen LogP contribution in [0, 0.1) is 12.7 Å². The molecule has 21 heavy (non-hydrogen) atoms. The van der Waals surface area contributed by atoms with Gasteiger partial charge in [0.15, 0.2) is 0 Å². The summed E-state index contributed by atoms with van der Waals surface area (Å²) in [6.45, 7) is 2.45. The van der Waals surface area contributed by atoms with E-state index in [0.29, 0.717) is 24.3 Å². The van der Waals surface area contributed by atoms with Gasteiger partial charge >= 0.3 is 0 Å². The van der Waals surface area contributed by atoms with Gasteiger partial charge in [0.05, 0.1) is 13.7 Å². The Balaban J connectivity index is 1.91. The van der Waals surface area contributed by atoms with Gasteiger partial charge in [-0.25, -0.2) is 4.39 Å². The summed E-state index contributed by atoms with van der Waals surface area (Å²) in [5.41, 5.74) is 7.63. The molecule has 0 bridgehead atoms. The molecule has 4 heteroatoms. The lowest BCUT2D eigenvalue weighted by Crippen LogP contribution is -2.15. The Kier molecular flexibility index (Phi) is 5.17. The minimum Gasteiger partial charge on any atom is -0.497 e. The Bertz CT molecular complexity index is 601. The number of hydrogen-bond acceptors (Lipinski definition) is 3. The molecule has 0 saturated heterocycles. The summed E-state index contributed by atoms with van der Waals surface area (Å²) in [6.07, 6.45) is 0.539. The molecule has 0 fully saturated rings. The third kappa shape index (κ3) is 4.20. The van der Waals surface area contributed by atoms with Crippen LogP contribution < -0.4 is 15.2 Å². The van der Waals surface area contributed by atoms with Crippen LogP contribution in [0.4, 0.5) is 4.39 Å². The Labute approximate surface area is 124 Å². The van der Waals surface area contributed by atoms with Crippen molar-refractivity contribution in [2.75, 3.05) is 13.7 Å². The van der Waals surface area contributed by atoms with E-state index in [1.165, 1.54) is 13.2 Å². The minimum atomic E-state index is -0.402. The molecule has 3 nitrogen and oxygen atoms in total. The van der Waals surface area contributed by atoms with Crippen LogP contribution >= 0.6 is 0 Å². The van der Waals surface area contributed by atoms with E-state index >= 15 is 0 Å². The fourth-order valence-electron chi connectivity index (χ4n) is 2.10. The summed E-state index contributed by atoms with van der Waals surface area (Å²) in [5, 5.41) is 0. The van der Waals surface area contributed by atoms with Gasteiger partial charge in [-0.05, 0) is 30.7 Å². The monoisotopic (exact) mass is 289 g/mol. The van der Waals surface area contributed by atoms with Crippen LogP contribution in [0.1, 0.15) is 23.6 Å². The molecule has 0 aliphatic carbocycles. The highest BCUT2D eigenvalue weighted by Crippen LogP contribution is 2.23. The molecule has 2 aromatic carbocycles. The zero-order chi connectivity index (χ0) is 15.2. The number of methoxy groups -OCH3 is 1. The highest BCUT2D eigenvalue weighted by molar-refractivity contribution is 5.31. The summed E-state index contributed by atoms with van der Waals surface area (Å²) >= 11 is 0. The predicted octanol–water partition coefficient (Wildman–Crippen LogP) is 3.61. The quantitative estimate of drug-likeness (QED) is 0.883.